The van der Waals surface area contributed by atoms with Gasteiger partial charge >= 0.3 is 5.97 Å². The van der Waals surface area contributed by atoms with Crippen molar-refractivity contribution < 1.29 is 14.6 Å². The Kier molecular flexibility index (Phi) is 4.87. The molecule has 1 aromatic heterocycles. The Balaban J connectivity index is 1.77. The number of carbonyl (C=O) groups is 1. The Morgan fingerprint density at radius 2 is 2.21 bits per heavy atom. The van der Waals surface area contributed by atoms with Gasteiger partial charge in [0.15, 0.2) is 0 Å². The van der Waals surface area contributed by atoms with E-state index in [1.54, 1.807) is 17.8 Å². The van der Waals surface area contributed by atoms with Crippen molar-refractivity contribution in [1.82, 2.24) is 0 Å². The summed E-state index contributed by atoms with van der Waals surface area (Å²) in [6.07, 6.45) is 0. The maximum atomic E-state index is 10.7. The monoisotopic (exact) mass is 294 g/mol. The van der Waals surface area contributed by atoms with Crippen LogP contribution in [0, 0.1) is 6.92 Å². The largest absolute Gasteiger partial charge is 0.492 e. The summed E-state index contributed by atoms with van der Waals surface area (Å²) in [6.45, 7) is 2.62. The Morgan fingerprint density at radius 1 is 1.42 bits per heavy atom. The topological polar surface area (TPSA) is 46.5 Å². The van der Waals surface area contributed by atoms with Gasteiger partial charge in [0.25, 0.3) is 0 Å². The molecule has 1 heterocycles. The second-order valence-corrected chi connectivity index (χ2v) is 5.99. The molecule has 0 saturated carbocycles. The molecule has 0 aliphatic rings. The summed E-state index contributed by atoms with van der Waals surface area (Å²) in [7, 11) is 0. The standard InChI is InChI=1S/C14H14O3S2/c1-10-4-2-3-5-12(10)17-6-7-18-11-8-13(14(15)16)19-9-11/h2-5,8-9H,6-7H2,1H3,(H,15,16). The molecule has 0 unspecified atom stereocenters. The SMILES string of the molecule is Cc1ccccc1OCCSc1csc(C(=O)O)c1. The number of benzene rings is 1. The van der Waals surface area contributed by atoms with E-state index in [9.17, 15) is 4.79 Å². The van der Waals surface area contributed by atoms with E-state index in [1.165, 1.54) is 11.3 Å². The van der Waals surface area contributed by atoms with Crippen molar-refractivity contribution >= 4 is 29.1 Å². The maximum absolute atomic E-state index is 10.7. The van der Waals surface area contributed by atoms with Gasteiger partial charge in [-0.2, -0.15) is 0 Å². The molecule has 0 atom stereocenters. The van der Waals surface area contributed by atoms with Crippen molar-refractivity contribution in [3.63, 3.8) is 0 Å². The Hall–Kier alpha value is -1.46. The van der Waals surface area contributed by atoms with Crippen LogP contribution >= 0.6 is 23.1 Å². The zero-order valence-corrected chi connectivity index (χ0v) is 12.1. The molecule has 0 bridgehead atoms. The number of aryl methyl sites for hydroxylation is 1. The molecule has 0 saturated heterocycles. The number of aromatic carboxylic acids is 1. The lowest BCUT2D eigenvalue weighted by Crippen LogP contribution is -2.00. The van der Waals surface area contributed by atoms with Crippen LogP contribution in [0.2, 0.25) is 0 Å². The summed E-state index contributed by atoms with van der Waals surface area (Å²) in [4.78, 5) is 12.1. The summed E-state index contributed by atoms with van der Waals surface area (Å²) in [5.41, 5.74) is 1.12. The van der Waals surface area contributed by atoms with Crippen LogP contribution in [0.5, 0.6) is 5.75 Å². The first-order valence-corrected chi connectivity index (χ1v) is 7.66. The van der Waals surface area contributed by atoms with Gasteiger partial charge in [0.05, 0.1) is 6.61 Å². The minimum atomic E-state index is -0.868. The van der Waals surface area contributed by atoms with Gasteiger partial charge in [-0.3, -0.25) is 0 Å². The van der Waals surface area contributed by atoms with E-state index in [2.05, 4.69) is 0 Å². The van der Waals surface area contributed by atoms with Gasteiger partial charge in [-0.25, -0.2) is 4.79 Å². The van der Waals surface area contributed by atoms with Crippen molar-refractivity contribution in [3.05, 3.63) is 46.2 Å². The molecule has 3 nitrogen and oxygen atoms in total. The second-order valence-electron chi connectivity index (χ2n) is 3.91. The molecule has 5 heteroatoms. The fourth-order valence-electron chi connectivity index (χ4n) is 1.54. The molecule has 0 amide bonds. The summed E-state index contributed by atoms with van der Waals surface area (Å²) >= 11 is 2.86. The van der Waals surface area contributed by atoms with Gasteiger partial charge in [-0.05, 0) is 24.6 Å². The molecule has 0 aliphatic carbocycles. The summed E-state index contributed by atoms with van der Waals surface area (Å²) < 4.78 is 5.68. The molecule has 19 heavy (non-hydrogen) atoms. The van der Waals surface area contributed by atoms with Crippen LogP contribution in [0.4, 0.5) is 0 Å². The molecule has 0 aliphatic heterocycles. The highest BCUT2D eigenvalue weighted by Crippen LogP contribution is 2.25. The quantitative estimate of drug-likeness (QED) is 0.648. The number of ether oxygens (including phenoxy) is 1. The van der Waals surface area contributed by atoms with Gasteiger partial charge in [0.2, 0.25) is 0 Å². The number of para-hydroxylation sites is 1. The van der Waals surface area contributed by atoms with Crippen molar-refractivity contribution in [2.75, 3.05) is 12.4 Å². The van der Waals surface area contributed by atoms with Crippen LogP contribution < -0.4 is 4.74 Å². The maximum Gasteiger partial charge on any atom is 0.345 e. The van der Waals surface area contributed by atoms with Crippen molar-refractivity contribution in [3.8, 4) is 5.75 Å². The van der Waals surface area contributed by atoms with Crippen molar-refractivity contribution in [2.45, 2.75) is 11.8 Å². The van der Waals surface area contributed by atoms with Crippen LogP contribution in [0.25, 0.3) is 0 Å². The molecule has 1 N–H and O–H groups in total. The molecule has 1 aromatic carbocycles. The first kappa shape index (κ1) is 14.0. The molecule has 0 fully saturated rings. The fraction of sp³-hybridized carbons (Fsp3) is 0.214. The Morgan fingerprint density at radius 3 is 2.89 bits per heavy atom. The third kappa shape index (κ3) is 4.01. The van der Waals surface area contributed by atoms with Gasteiger partial charge in [0.1, 0.15) is 10.6 Å². The van der Waals surface area contributed by atoms with E-state index >= 15 is 0 Å². The van der Waals surface area contributed by atoms with E-state index < -0.39 is 5.97 Å². The van der Waals surface area contributed by atoms with E-state index in [0.29, 0.717) is 11.5 Å². The van der Waals surface area contributed by atoms with Crippen molar-refractivity contribution in [1.29, 1.82) is 0 Å². The van der Waals surface area contributed by atoms with Crippen LogP contribution in [0.3, 0.4) is 0 Å². The van der Waals surface area contributed by atoms with E-state index in [0.717, 1.165) is 22.0 Å². The van der Waals surface area contributed by atoms with E-state index in [-0.39, 0.29) is 0 Å². The van der Waals surface area contributed by atoms with Crippen LogP contribution in [-0.2, 0) is 0 Å². The number of rotatable bonds is 6. The molecular formula is C14H14O3S2. The lowest BCUT2D eigenvalue weighted by Gasteiger charge is -2.07. The normalized spacial score (nSPS) is 10.4. The molecule has 100 valence electrons. The predicted molar refractivity (Wildman–Crippen MR) is 78.7 cm³/mol. The number of thioether (sulfide) groups is 1. The Bertz CT molecular complexity index is 563. The third-order valence-electron chi connectivity index (χ3n) is 2.49. The average molecular weight is 294 g/mol. The van der Waals surface area contributed by atoms with Gasteiger partial charge < -0.3 is 9.84 Å². The van der Waals surface area contributed by atoms with Gasteiger partial charge in [-0.1, -0.05) is 18.2 Å². The number of carboxylic acid groups (broad SMARTS) is 1. The fourth-order valence-corrected chi connectivity index (χ4v) is 3.24. The molecule has 0 spiro atoms. The average Bonchev–Trinajstić information content (AvgIpc) is 2.85. The van der Waals surface area contributed by atoms with E-state index in [1.807, 2.05) is 36.6 Å². The Labute approximate surface area is 120 Å². The van der Waals surface area contributed by atoms with Crippen LogP contribution in [0.15, 0.2) is 40.6 Å². The molecule has 2 rings (SSSR count). The minimum Gasteiger partial charge on any atom is -0.492 e. The van der Waals surface area contributed by atoms with Crippen LogP contribution in [-0.4, -0.2) is 23.4 Å². The molecular weight excluding hydrogens is 280 g/mol. The first-order valence-electron chi connectivity index (χ1n) is 5.80. The van der Waals surface area contributed by atoms with Crippen LogP contribution in [0.1, 0.15) is 15.2 Å². The summed E-state index contributed by atoms with van der Waals surface area (Å²) in [6, 6.07) is 9.60. The highest BCUT2D eigenvalue weighted by molar-refractivity contribution is 7.99. The number of hydrogen-bond donors (Lipinski definition) is 1. The molecule has 2 aromatic rings. The zero-order chi connectivity index (χ0) is 13.7. The number of thiophene rings is 1. The lowest BCUT2D eigenvalue weighted by atomic mass is 10.2. The van der Waals surface area contributed by atoms with E-state index in [4.69, 9.17) is 9.84 Å². The molecule has 0 radical (unpaired) electrons. The summed E-state index contributed by atoms with van der Waals surface area (Å²) in [5, 5.41) is 10.7. The first-order chi connectivity index (χ1) is 9.16. The summed E-state index contributed by atoms with van der Waals surface area (Å²) in [5.74, 6) is 0.831. The zero-order valence-electron chi connectivity index (χ0n) is 10.5. The third-order valence-corrected chi connectivity index (χ3v) is 4.50. The smallest absolute Gasteiger partial charge is 0.345 e. The van der Waals surface area contributed by atoms with Gasteiger partial charge in [0, 0.05) is 16.0 Å². The number of carboxylic acids is 1. The highest BCUT2D eigenvalue weighted by atomic mass is 32.2. The number of hydrogen-bond acceptors (Lipinski definition) is 4. The lowest BCUT2D eigenvalue weighted by molar-refractivity contribution is 0.0702. The predicted octanol–water partition coefficient (Wildman–Crippen LogP) is 3.93. The highest BCUT2D eigenvalue weighted by Gasteiger charge is 2.07. The minimum absolute atomic E-state index is 0.377. The van der Waals surface area contributed by atoms with Crippen molar-refractivity contribution in [2.24, 2.45) is 0 Å². The second kappa shape index (κ2) is 6.63. The van der Waals surface area contributed by atoms with Gasteiger partial charge in [-0.15, -0.1) is 23.1 Å².